The number of hydrazine groups is 1. The van der Waals surface area contributed by atoms with Crippen molar-refractivity contribution in [2.45, 2.75) is 26.8 Å². The first-order valence-corrected chi connectivity index (χ1v) is 5.57. The van der Waals surface area contributed by atoms with Gasteiger partial charge in [0, 0.05) is 10.5 Å². The lowest BCUT2D eigenvalue weighted by molar-refractivity contribution is 0.419. The Balaban J connectivity index is 3.04. The van der Waals surface area contributed by atoms with Crippen LogP contribution in [0.2, 0.25) is 0 Å². The van der Waals surface area contributed by atoms with Crippen LogP contribution < -0.4 is 11.3 Å². The van der Waals surface area contributed by atoms with Gasteiger partial charge in [0.05, 0.1) is 0 Å². The first-order valence-electron chi connectivity index (χ1n) is 4.78. The van der Waals surface area contributed by atoms with Gasteiger partial charge in [0.1, 0.15) is 0 Å². The topological polar surface area (TPSA) is 38.0 Å². The van der Waals surface area contributed by atoms with E-state index in [2.05, 4.69) is 60.3 Å². The second-order valence-corrected chi connectivity index (χ2v) is 4.80. The summed E-state index contributed by atoms with van der Waals surface area (Å²) < 4.78 is 1.11. The third-order valence-corrected chi connectivity index (χ3v) is 2.91. The lowest BCUT2D eigenvalue weighted by Gasteiger charge is -2.22. The van der Waals surface area contributed by atoms with Crippen LogP contribution in [0.5, 0.6) is 0 Å². The van der Waals surface area contributed by atoms with Gasteiger partial charge in [-0.1, -0.05) is 35.8 Å². The minimum absolute atomic E-state index is 0.225. The minimum Gasteiger partial charge on any atom is -0.271 e. The van der Waals surface area contributed by atoms with E-state index in [0.29, 0.717) is 5.92 Å². The molecule has 0 heterocycles. The van der Waals surface area contributed by atoms with Gasteiger partial charge in [-0.15, -0.1) is 0 Å². The van der Waals surface area contributed by atoms with Crippen molar-refractivity contribution in [2.24, 2.45) is 11.8 Å². The van der Waals surface area contributed by atoms with Gasteiger partial charge in [0.2, 0.25) is 0 Å². The summed E-state index contributed by atoms with van der Waals surface area (Å²) in [6.45, 7) is 6.42. The molecule has 78 valence electrons. The number of halogens is 1. The molecule has 0 fully saturated rings. The zero-order chi connectivity index (χ0) is 10.7. The number of rotatable bonds is 3. The number of aryl methyl sites for hydroxylation is 1. The van der Waals surface area contributed by atoms with Crippen LogP contribution in [0, 0.1) is 12.8 Å². The molecule has 0 saturated carbocycles. The standard InChI is InChI=1S/C11H17BrN2/c1-7(2)11(14-13)10-5-4-9(12)6-8(10)3/h4-7,11,14H,13H2,1-3H3. The third kappa shape index (κ3) is 2.56. The summed E-state index contributed by atoms with van der Waals surface area (Å²) in [5.41, 5.74) is 5.39. The van der Waals surface area contributed by atoms with Crippen molar-refractivity contribution in [3.8, 4) is 0 Å². The highest BCUT2D eigenvalue weighted by molar-refractivity contribution is 9.10. The zero-order valence-electron chi connectivity index (χ0n) is 8.84. The average Bonchev–Trinajstić information content (AvgIpc) is 2.09. The lowest BCUT2D eigenvalue weighted by Crippen LogP contribution is -2.32. The number of benzene rings is 1. The molecule has 0 amide bonds. The molecule has 1 aromatic carbocycles. The first kappa shape index (κ1) is 11.7. The molecule has 0 saturated heterocycles. The number of nitrogens with two attached hydrogens (primary N) is 1. The van der Waals surface area contributed by atoms with E-state index >= 15 is 0 Å². The normalized spacial score (nSPS) is 13.3. The van der Waals surface area contributed by atoms with Crippen LogP contribution in [0.1, 0.15) is 31.0 Å². The Kier molecular flexibility index (Phi) is 4.11. The van der Waals surface area contributed by atoms with E-state index in [0.717, 1.165) is 4.47 Å². The van der Waals surface area contributed by atoms with Crippen molar-refractivity contribution < 1.29 is 0 Å². The van der Waals surface area contributed by atoms with E-state index in [1.165, 1.54) is 11.1 Å². The Bertz CT molecular complexity index is 310. The molecular formula is C11H17BrN2. The monoisotopic (exact) mass is 256 g/mol. The predicted octanol–water partition coefficient (Wildman–Crippen LogP) is 2.92. The first-order chi connectivity index (χ1) is 6.56. The van der Waals surface area contributed by atoms with E-state index < -0.39 is 0 Å². The van der Waals surface area contributed by atoms with Crippen molar-refractivity contribution >= 4 is 15.9 Å². The van der Waals surface area contributed by atoms with Crippen LogP contribution in [-0.2, 0) is 0 Å². The molecule has 0 radical (unpaired) electrons. The van der Waals surface area contributed by atoms with Crippen molar-refractivity contribution in [3.05, 3.63) is 33.8 Å². The predicted molar refractivity (Wildman–Crippen MR) is 63.8 cm³/mol. The highest BCUT2D eigenvalue weighted by Gasteiger charge is 2.15. The van der Waals surface area contributed by atoms with Crippen LogP contribution >= 0.6 is 15.9 Å². The molecule has 14 heavy (non-hydrogen) atoms. The highest BCUT2D eigenvalue weighted by Crippen LogP contribution is 2.26. The molecule has 1 unspecified atom stereocenters. The largest absolute Gasteiger partial charge is 0.271 e. The summed E-state index contributed by atoms with van der Waals surface area (Å²) in [5, 5.41) is 0. The van der Waals surface area contributed by atoms with Crippen molar-refractivity contribution in [2.75, 3.05) is 0 Å². The second kappa shape index (κ2) is 4.91. The van der Waals surface area contributed by atoms with Crippen LogP contribution in [0.25, 0.3) is 0 Å². The molecule has 1 aromatic rings. The summed E-state index contributed by atoms with van der Waals surface area (Å²) in [6, 6.07) is 6.50. The minimum atomic E-state index is 0.225. The maximum absolute atomic E-state index is 5.55. The molecule has 1 atom stereocenters. The number of nitrogens with one attached hydrogen (secondary N) is 1. The van der Waals surface area contributed by atoms with Gasteiger partial charge in [0.15, 0.2) is 0 Å². The van der Waals surface area contributed by atoms with Crippen molar-refractivity contribution in [3.63, 3.8) is 0 Å². The molecule has 3 N–H and O–H groups in total. The molecule has 3 heteroatoms. The lowest BCUT2D eigenvalue weighted by atomic mass is 9.93. The summed E-state index contributed by atoms with van der Waals surface area (Å²) in [4.78, 5) is 0. The van der Waals surface area contributed by atoms with Gasteiger partial charge in [-0.05, 0) is 36.1 Å². The fourth-order valence-corrected chi connectivity index (χ4v) is 2.10. The van der Waals surface area contributed by atoms with E-state index in [-0.39, 0.29) is 6.04 Å². The van der Waals surface area contributed by atoms with Crippen molar-refractivity contribution in [1.29, 1.82) is 0 Å². The zero-order valence-corrected chi connectivity index (χ0v) is 10.4. The molecule has 1 rings (SSSR count). The molecule has 0 aliphatic rings. The fraction of sp³-hybridized carbons (Fsp3) is 0.455. The number of hydrogen-bond acceptors (Lipinski definition) is 2. The van der Waals surface area contributed by atoms with Crippen LogP contribution in [0.3, 0.4) is 0 Å². The van der Waals surface area contributed by atoms with Gasteiger partial charge in [-0.25, -0.2) is 0 Å². The van der Waals surface area contributed by atoms with Gasteiger partial charge in [0.25, 0.3) is 0 Å². The SMILES string of the molecule is Cc1cc(Br)ccc1C(NN)C(C)C. The van der Waals surface area contributed by atoms with Gasteiger partial charge in [-0.3, -0.25) is 11.3 Å². The summed E-state index contributed by atoms with van der Waals surface area (Å²) >= 11 is 3.45. The Morgan fingerprint density at radius 2 is 2.00 bits per heavy atom. The second-order valence-electron chi connectivity index (χ2n) is 3.89. The van der Waals surface area contributed by atoms with Gasteiger partial charge < -0.3 is 0 Å². The quantitative estimate of drug-likeness (QED) is 0.645. The van der Waals surface area contributed by atoms with Crippen LogP contribution in [0.15, 0.2) is 22.7 Å². The molecule has 0 aliphatic carbocycles. The van der Waals surface area contributed by atoms with Crippen LogP contribution in [-0.4, -0.2) is 0 Å². The molecule has 2 nitrogen and oxygen atoms in total. The summed E-state index contributed by atoms with van der Waals surface area (Å²) in [5.74, 6) is 6.04. The van der Waals surface area contributed by atoms with E-state index in [4.69, 9.17) is 5.84 Å². The fourth-order valence-electron chi connectivity index (χ4n) is 1.63. The molecule has 0 aliphatic heterocycles. The third-order valence-electron chi connectivity index (χ3n) is 2.41. The van der Waals surface area contributed by atoms with E-state index in [1.807, 2.05) is 0 Å². The maximum Gasteiger partial charge on any atom is 0.0485 e. The smallest absolute Gasteiger partial charge is 0.0485 e. The molecule has 0 spiro atoms. The Labute approximate surface area is 94.0 Å². The highest BCUT2D eigenvalue weighted by atomic mass is 79.9. The Hall–Kier alpha value is -0.380. The molecular weight excluding hydrogens is 240 g/mol. The Morgan fingerprint density at radius 3 is 2.43 bits per heavy atom. The van der Waals surface area contributed by atoms with E-state index in [9.17, 15) is 0 Å². The molecule has 0 bridgehead atoms. The number of hydrogen-bond donors (Lipinski definition) is 2. The van der Waals surface area contributed by atoms with E-state index in [1.54, 1.807) is 0 Å². The molecule has 0 aromatic heterocycles. The maximum atomic E-state index is 5.55. The van der Waals surface area contributed by atoms with Crippen LogP contribution in [0.4, 0.5) is 0 Å². The van der Waals surface area contributed by atoms with Gasteiger partial charge in [-0.2, -0.15) is 0 Å². The average molecular weight is 257 g/mol. The summed E-state index contributed by atoms with van der Waals surface area (Å²) in [6.07, 6.45) is 0. The Morgan fingerprint density at radius 1 is 1.36 bits per heavy atom. The van der Waals surface area contributed by atoms with Crippen molar-refractivity contribution in [1.82, 2.24) is 5.43 Å². The summed E-state index contributed by atoms with van der Waals surface area (Å²) in [7, 11) is 0. The van der Waals surface area contributed by atoms with Gasteiger partial charge >= 0.3 is 0 Å².